The Bertz CT molecular complexity index is 433. The number of hydrogen-bond donors (Lipinski definition) is 1. The first-order valence-corrected chi connectivity index (χ1v) is 4.86. The van der Waals surface area contributed by atoms with Crippen molar-refractivity contribution in [2.75, 3.05) is 7.11 Å². The molecule has 0 heterocycles. The van der Waals surface area contributed by atoms with Gasteiger partial charge in [-0.1, -0.05) is 6.07 Å². The number of benzene rings is 1. The van der Waals surface area contributed by atoms with Crippen LogP contribution in [0.4, 0.5) is 0 Å². The number of amides is 1. The van der Waals surface area contributed by atoms with E-state index in [1.165, 1.54) is 7.11 Å². The molecular weight excluding hydrogens is 204 g/mol. The lowest BCUT2D eigenvalue weighted by Crippen LogP contribution is -2.42. The van der Waals surface area contributed by atoms with Crippen molar-refractivity contribution in [2.45, 2.75) is 19.4 Å². The predicted octanol–water partition coefficient (Wildman–Crippen LogP) is 1.73. The van der Waals surface area contributed by atoms with Gasteiger partial charge in [0.1, 0.15) is 11.3 Å². The quantitative estimate of drug-likeness (QED) is 0.840. The zero-order valence-electron chi connectivity index (χ0n) is 9.57. The van der Waals surface area contributed by atoms with E-state index < -0.39 is 5.54 Å². The summed E-state index contributed by atoms with van der Waals surface area (Å²) >= 11 is 0. The third kappa shape index (κ3) is 2.99. The summed E-state index contributed by atoms with van der Waals surface area (Å²) in [5, 5.41) is 11.4. The first-order chi connectivity index (χ1) is 7.48. The molecule has 0 atom stereocenters. The Morgan fingerprint density at radius 1 is 1.50 bits per heavy atom. The summed E-state index contributed by atoms with van der Waals surface area (Å²) in [7, 11) is 1.54. The zero-order valence-corrected chi connectivity index (χ0v) is 9.57. The van der Waals surface area contributed by atoms with Crippen LogP contribution >= 0.6 is 0 Å². The van der Waals surface area contributed by atoms with Gasteiger partial charge in [-0.2, -0.15) is 5.26 Å². The van der Waals surface area contributed by atoms with Crippen LogP contribution < -0.4 is 10.1 Å². The van der Waals surface area contributed by atoms with Crippen LogP contribution in [0.5, 0.6) is 5.75 Å². The second-order valence-corrected chi connectivity index (χ2v) is 3.92. The van der Waals surface area contributed by atoms with Crippen molar-refractivity contribution in [2.24, 2.45) is 0 Å². The molecule has 0 aliphatic carbocycles. The van der Waals surface area contributed by atoms with Gasteiger partial charge in [0.2, 0.25) is 0 Å². The van der Waals surface area contributed by atoms with Crippen LogP contribution in [0.2, 0.25) is 0 Å². The third-order valence-corrected chi connectivity index (χ3v) is 2.04. The average molecular weight is 218 g/mol. The highest BCUT2D eigenvalue weighted by Gasteiger charge is 2.20. The number of hydrogen-bond acceptors (Lipinski definition) is 3. The second-order valence-electron chi connectivity index (χ2n) is 3.92. The van der Waals surface area contributed by atoms with E-state index in [-0.39, 0.29) is 5.91 Å². The van der Waals surface area contributed by atoms with Gasteiger partial charge in [0.25, 0.3) is 5.91 Å². The maximum absolute atomic E-state index is 11.8. The van der Waals surface area contributed by atoms with Crippen LogP contribution in [-0.4, -0.2) is 18.6 Å². The Balaban J connectivity index is 2.86. The Hall–Kier alpha value is -2.02. The Morgan fingerprint density at radius 3 is 2.75 bits per heavy atom. The Kier molecular flexibility index (Phi) is 3.51. The van der Waals surface area contributed by atoms with Crippen molar-refractivity contribution in [1.82, 2.24) is 5.32 Å². The van der Waals surface area contributed by atoms with Crippen LogP contribution in [0.3, 0.4) is 0 Å². The molecule has 84 valence electrons. The van der Waals surface area contributed by atoms with Gasteiger partial charge in [-0.3, -0.25) is 4.79 Å². The molecule has 0 unspecified atom stereocenters. The van der Waals surface area contributed by atoms with Gasteiger partial charge < -0.3 is 10.1 Å². The molecule has 0 saturated heterocycles. The van der Waals surface area contributed by atoms with Crippen LogP contribution in [0.1, 0.15) is 24.2 Å². The highest BCUT2D eigenvalue weighted by Crippen LogP contribution is 2.13. The minimum atomic E-state index is -0.875. The summed E-state index contributed by atoms with van der Waals surface area (Å²) in [6.07, 6.45) is 0. The molecule has 4 nitrogen and oxygen atoms in total. The molecule has 0 saturated carbocycles. The van der Waals surface area contributed by atoms with Crippen LogP contribution in [0, 0.1) is 11.3 Å². The number of ether oxygens (including phenoxy) is 1. The number of methoxy groups -OCH3 is 1. The molecular formula is C12H14N2O2. The van der Waals surface area contributed by atoms with Crippen LogP contribution in [-0.2, 0) is 0 Å². The van der Waals surface area contributed by atoms with Gasteiger partial charge in [0, 0.05) is 5.56 Å². The van der Waals surface area contributed by atoms with E-state index in [2.05, 4.69) is 5.32 Å². The first kappa shape index (κ1) is 12.1. The van der Waals surface area contributed by atoms with Gasteiger partial charge in [-0.25, -0.2) is 0 Å². The Morgan fingerprint density at radius 2 is 2.19 bits per heavy atom. The van der Waals surface area contributed by atoms with Gasteiger partial charge in [0.05, 0.1) is 13.2 Å². The fourth-order valence-electron chi connectivity index (χ4n) is 1.15. The smallest absolute Gasteiger partial charge is 0.252 e. The maximum atomic E-state index is 11.8. The average Bonchev–Trinajstić information content (AvgIpc) is 2.28. The first-order valence-electron chi connectivity index (χ1n) is 4.86. The SMILES string of the molecule is COc1cccc(C(=O)NC(C)(C)C#N)c1. The van der Waals surface area contributed by atoms with Crippen molar-refractivity contribution in [3.8, 4) is 11.8 Å². The fraction of sp³-hybridized carbons (Fsp3) is 0.333. The number of nitriles is 1. The molecule has 4 heteroatoms. The normalized spacial score (nSPS) is 10.4. The van der Waals surface area contributed by atoms with Crippen molar-refractivity contribution >= 4 is 5.91 Å². The van der Waals surface area contributed by atoms with Crippen molar-refractivity contribution in [1.29, 1.82) is 5.26 Å². The van der Waals surface area contributed by atoms with Crippen molar-refractivity contribution in [3.63, 3.8) is 0 Å². The topological polar surface area (TPSA) is 62.1 Å². The summed E-state index contributed by atoms with van der Waals surface area (Å²) in [6, 6.07) is 8.79. The molecule has 1 amide bonds. The standard InChI is InChI=1S/C12H14N2O2/c1-12(2,8-13)14-11(15)9-5-4-6-10(7-9)16-3/h4-7H,1-3H3,(H,14,15). The van der Waals surface area contributed by atoms with E-state index in [0.717, 1.165) is 0 Å². The molecule has 1 aromatic rings. The number of nitrogens with one attached hydrogen (secondary N) is 1. The summed E-state index contributed by atoms with van der Waals surface area (Å²) in [5.74, 6) is 0.327. The summed E-state index contributed by atoms with van der Waals surface area (Å²) in [6.45, 7) is 3.29. The molecule has 0 spiro atoms. The molecule has 16 heavy (non-hydrogen) atoms. The summed E-state index contributed by atoms with van der Waals surface area (Å²) in [4.78, 5) is 11.8. The Labute approximate surface area is 94.8 Å². The molecule has 1 rings (SSSR count). The molecule has 0 aliphatic rings. The largest absolute Gasteiger partial charge is 0.497 e. The number of nitrogens with zero attached hydrogens (tertiary/aromatic N) is 1. The van der Waals surface area contributed by atoms with Gasteiger partial charge >= 0.3 is 0 Å². The van der Waals surface area contributed by atoms with Crippen molar-refractivity contribution < 1.29 is 9.53 Å². The van der Waals surface area contributed by atoms with Gasteiger partial charge in [-0.05, 0) is 32.0 Å². The summed E-state index contributed by atoms with van der Waals surface area (Å²) < 4.78 is 5.02. The number of carbonyl (C=O) groups is 1. The van der Waals surface area contributed by atoms with Crippen LogP contribution in [0.15, 0.2) is 24.3 Å². The monoisotopic (exact) mass is 218 g/mol. The molecule has 0 fully saturated rings. The number of carbonyl (C=O) groups excluding carboxylic acids is 1. The lowest BCUT2D eigenvalue weighted by Gasteiger charge is -2.17. The highest BCUT2D eigenvalue weighted by molar-refractivity contribution is 5.95. The van der Waals surface area contributed by atoms with Crippen molar-refractivity contribution in [3.05, 3.63) is 29.8 Å². The lowest BCUT2D eigenvalue weighted by molar-refractivity contribution is 0.0929. The molecule has 1 aromatic carbocycles. The van der Waals surface area contributed by atoms with E-state index >= 15 is 0 Å². The maximum Gasteiger partial charge on any atom is 0.252 e. The molecule has 0 bridgehead atoms. The zero-order chi connectivity index (χ0) is 12.2. The molecule has 0 radical (unpaired) electrons. The minimum absolute atomic E-state index is 0.287. The lowest BCUT2D eigenvalue weighted by atomic mass is 10.1. The third-order valence-electron chi connectivity index (χ3n) is 2.04. The van der Waals surface area contributed by atoms with Crippen LogP contribution in [0.25, 0.3) is 0 Å². The predicted molar refractivity (Wildman–Crippen MR) is 60.2 cm³/mol. The number of rotatable bonds is 3. The van der Waals surface area contributed by atoms with Gasteiger partial charge in [-0.15, -0.1) is 0 Å². The highest BCUT2D eigenvalue weighted by atomic mass is 16.5. The minimum Gasteiger partial charge on any atom is -0.497 e. The molecule has 0 aliphatic heterocycles. The fourth-order valence-corrected chi connectivity index (χ4v) is 1.15. The van der Waals surface area contributed by atoms with E-state index in [0.29, 0.717) is 11.3 Å². The van der Waals surface area contributed by atoms with E-state index in [1.807, 2.05) is 6.07 Å². The summed E-state index contributed by atoms with van der Waals surface area (Å²) in [5.41, 5.74) is -0.400. The van der Waals surface area contributed by atoms with E-state index in [1.54, 1.807) is 38.1 Å². The molecule has 1 N–H and O–H groups in total. The van der Waals surface area contributed by atoms with E-state index in [4.69, 9.17) is 10.00 Å². The van der Waals surface area contributed by atoms with E-state index in [9.17, 15) is 4.79 Å². The second kappa shape index (κ2) is 4.67. The van der Waals surface area contributed by atoms with Gasteiger partial charge in [0.15, 0.2) is 0 Å². The molecule has 0 aromatic heterocycles.